The van der Waals surface area contributed by atoms with Crippen molar-refractivity contribution in [2.75, 3.05) is 6.54 Å². The van der Waals surface area contributed by atoms with Crippen molar-refractivity contribution in [3.8, 4) is 11.3 Å². The van der Waals surface area contributed by atoms with Gasteiger partial charge in [0.2, 0.25) is 5.22 Å². The van der Waals surface area contributed by atoms with E-state index in [1.54, 1.807) is 7.05 Å². The summed E-state index contributed by atoms with van der Waals surface area (Å²) < 4.78 is 46.3. The predicted molar refractivity (Wildman–Crippen MR) is 107 cm³/mol. The molecule has 6 nitrogen and oxygen atoms in total. The van der Waals surface area contributed by atoms with Crippen molar-refractivity contribution < 1.29 is 22.4 Å². The van der Waals surface area contributed by atoms with Gasteiger partial charge < -0.3 is 15.5 Å². The minimum Gasteiger partial charge on any atom is -0.439 e. The molecule has 3 N–H and O–H groups in total. The van der Waals surface area contributed by atoms with E-state index in [1.165, 1.54) is 35.1 Å². The van der Waals surface area contributed by atoms with Gasteiger partial charge in [-0.2, -0.15) is 18.3 Å². The fourth-order valence-corrected chi connectivity index (χ4v) is 3.27. The van der Waals surface area contributed by atoms with Crippen LogP contribution in [-0.2, 0) is 13.2 Å². The van der Waals surface area contributed by atoms with E-state index in [0.717, 1.165) is 12.1 Å². The Kier molecular flexibility index (Phi) is 6.25. The van der Waals surface area contributed by atoms with Crippen molar-refractivity contribution in [3.05, 3.63) is 69.4 Å². The number of hydrogen-bond acceptors (Lipinski definition) is 4. The molecule has 0 saturated carbocycles. The molecule has 0 radical (unpaired) electrons. The number of aromatic nitrogens is 2. The first-order valence-electron chi connectivity index (χ1n) is 8.47. The molecule has 0 aliphatic carbocycles. The molecule has 11 heteroatoms. The lowest BCUT2D eigenvalue weighted by Crippen LogP contribution is -2.26. The second-order valence-corrected chi connectivity index (χ2v) is 6.93. The number of aryl methyl sites for hydroxylation is 1. The second kappa shape index (κ2) is 8.55. The standard InChI is InChI=1S/C19H15Cl2F3N4O2/c1-28-16(14(20)9-26-28)12-7-15(30-17(12)21)18(29)27-11(8-25)6-10-4-2-3-5-13(10)19(22,23)24/h2-7,9H,8,25H2,1H3,(H,27,29)/b11-6+. The Bertz CT molecular complexity index is 1100. The number of carbonyl (C=O) groups is 1. The van der Waals surface area contributed by atoms with Crippen molar-refractivity contribution in [1.82, 2.24) is 15.1 Å². The van der Waals surface area contributed by atoms with Crippen molar-refractivity contribution in [2.24, 2.45) is 12.8 Å². The predicted octanol–water partition coefficient (Wildman–Crippen LogP) is 4.74. The summed E-state index contributed by atoms with van der Waals surface area (Å²) >= 11 is 12.2. The quantitative estimate of drug-likeness (QED) is 0.578. The normalized spacial score (nSPS) is 12.3. The number of amides is 1. The highest BCUT2D eigenvalue weighted by atomic mass is 35.5. The molecule has 2 heterocycles. The summed E-state index contributed by atoms with van der Waals surface area (Å²) in [6.45, 7) is -0.215. The summed E-state index contributed by atoms with van der Waals surface area (Å²) in [6, 6.07) is 6.30. The van der Waals surface area contributed by atoms with E-state index >= 15 is 0 Å². The van der Waals surface area contributed by atoms with E-state index in [9.17, 15) is 18.0 Å². The first-order chi connectivity index (χ1) is 14.1. The topological polar surface area (TPSA) is 86.1 Å². The largest absolute Gasteiger partial charge is 0.439 e. The molecule has 1 aromatic carbocycles. The lowest BCUT2D eigenvalue weighted by atomic mass is 10.1. The van der Waals surface area contributed by atoms with Crippen molar-refractivity contribution in [2.45, 2.75) is 6.18 Å². The van der Waals surface area contributed by atoms with Crippen molar-refractivity contribution in [1.29, 1.82) is 0 Å². The van der Waals surface area contributed by atoms with Crippen LogP contribution in [0.1, 0.15) is 21.7 Å². The summed E-state index contributed by atoms with van der Waals surface area (Å²) in [5, 5.41) is 6.65. The fourth-order valence-electron chi connectivity index (χ4n) is 2.78. The van der Waals surface area contributed by atoms with E-state index in [2.05, 4.69) is 10.4 Å². The minimum absolute atomic E-state index is 0.0596. The molecule has 1 amide bonds. The molecule has 158 valence electrons. The van der Waals surface area contributed by atoms with Gasteiger partial charge in [0.05, 0.1) is 28.0 Å². The van der Waals surface area contributed by atoms with Gasteiger partial charge in [0.25, 0.3) is 5.91 Å². The van der Waals surface area contributed by atoms with Crippen LogP contribution in [0, 0.1) is 0 Å². The summed E-state index contributed by atoms with van der Waals surface area (Å²) in [6.07, 6.45) is -1.99. The molecule has 0 aliphatic rings. The van der Waals surface area contributed by atoms with Gasteiger partial charge in [0.1, 0.15) is 0 Å². The smallest absolute Gasteiger partial charge is 0.416 e. The first-order valence-corrected chi connectivity index (χ1v) is 9.22. The lowest BCUT2D eigenvalue weighted by Gasteiger charge is -2.12. The zero-order valence-corrected chi connectivity index (χ0v) is 16.9. The molecule has 0 saturated heterocycles. The van der Waals surface area contributed by atoms with Gasteiger partial charge in [-0.3, -0.25) is 9.48 Å². The highest BCUT2D eigenvalue weighted by Gasteiger charge is 2.32. The Balaban J connectivity index is 1.89. The van der Waals surface area contributed by atoms with Gasteiger partial charge in [-0.25, -0.2) is 0 Å². The average molecular weight is 459 g/mol. The molecule has 0 spiro atoms. The molecule has 0 atom stereocenters. The summed E-state index contributed by atoms with van der Waals surface area (Å²) in [5.41, 5.74) is 5.47. The van der Waals surface area contributed by atoms with Crippen LogP contribution < -0.4 is 11.1 Å². The summed E-state index contributed by atoms with van der Waals surface area (Å²) in [4.78, 5) is 12.6. The summed E-state index contributed by atoms with van der Waals surface area (Å²) in [5.74, 6) is -0.904. The van der Waals surface area contributed by atoms with Crippen LogP contribution in [0.4, 0.5) is 13.2 Å². The van der Waals surface area contributed by atoms with Crippen LogP contribution in [0.5, 0.6) is 0 Å². The zero-order chi connectivity index (χ0) is 22.1. The van der Waals surface area contributed by atoms with Crippen LogP contribution in [0.15, 0.2) is 46.6 Å². The van der Waals surface area contributed by atoms with E-state index in [4.69, 9.17) is 33.4 Å². The Labute approximate surface area is 179 Å². The SMILES string of the molecule is Cn1ncc(Cl)c1-c1cc(C(=O)N/C(=C/c2ccccc2C(F)(F)F)CN)oc1Cl. The highest BCUT2D eigenvalue weighted by Crippen LogP contribution is 2.35. The van der Waals surface area contributed by atoms with Crippen LogP contribution >= 0.6 is 23.2 Å². The number of rotatable bonds is 5. The third-order valence-electron chi connectivity index (χ3n) is 4.15. The maximum atomic E-state index is 13.2. The van der Waals surface area contributed by atoms with Gasteiger partial charge in [-0.15, -0.1) is 0 Å². The minimum atomic E-state index is -4.55. The van der Waals surface area contributed by atoms with E-state index in [0.29, 0.717) is 16.3 Å². The summed E-state index contributed by atoms with van der Waals surface area (Å²) in [7, 11) is 1.64. The molecule has 0 aliphatic heterocycles. The highest BCUT2D eigenvalue weighted by molar-refractivity contribution is 6.35. The van der Waals surface area contributed by atoms with Crippen LogP contribution in [0.25, 0.3) is 17.3 Å². The van der Waals surface area contributed by atoms with E-state index in [-0.39, 0.29) is 28.8 Å². The molecule has 0 bridgehead atoms. The molecular weight excluding hydrogens is 444 g/mol. The number of alkyl halides is 3. The Hall–Kier alpha value is -2.75. The molecule has 3 aromatic rings. The average Bonchev–Trinajstić information content (AvgIpc) is 3.22. The zero-order valence-electron chi connectivity index (χ0n) is 15.4. The maximum Gasteiger partial charge on any atom is 0.416 e. The number of furan rings is 1. The number of halogens is 5. The van der Waals surface area contributed by atoms with Crippen molar-refractivity contribution in [3.63, 3.8) is 0 Å². The third kappa shape index (κ3) is 4.53. The molecule has 0 unspecified atom stereocenters. The van der Waals surface area contributed by atoms with Crippen LogP contribution in [0.2, 0.25) is 10.2 Å². The van der Waals surface area contributed by atoms with Crippen molar-refractivity contribution >= 4 is 35.2 Å². The third-order valence-corrected chi connectivity index (χ3v) is 4.71. The van der Waals surface area contributed by atoms with Gasteiger partial charge in [0.15, 0.2) is 5.76 Å². The van der Waals surface area contributed by atoms with E-state index < -0.39 is 17.6 Å². The Morgan fingerprint density at radius 1 is 1.33 bits per heavy atom. The van der Waals surface area contributed by atoms with E-state index in [1.807, 2.05) is 0 Å². The maximum absolute atomic E-state index is 13.2. The fraction of sp³-hybridized carbons (Fsp3) is 0.158. The monoisotopic (exact) mass is 458 g/mol. The number of nitrogens with zero attached hydrogens (tertiary/aromatic N) is 2. The Morgan fingerprint density at radius 2 is 2.03 bits per heavy atom. The van der Waals surface area contributed by atoms with Crippen LogP contribution in [-0.4, -0.2) is 22.2 Å². The first kappa shape index (κ1) is 21.9. The number of nitrogens with one attached hydrogen (secondary N) is 1. The number of nitrogens with two attached hydrogens (primary N) is 1. The number of hydrogen-bond donors (Lipinski definition) is 2. The Morgan fingerprint density at radius 3 is 2.63 bits per heavy atom. The van der Waals surface area contributed by atoms with Gasteiger partial charge in [0, 0.05) is 25.4 Å². The lowest BCUT2D eigenvalue weighted by molar-refractivity contribution is -0.137. The van der Waals surface area contributed by atoms with Gasteiger partial charge in [-0.1, -0.05) is 29.8 Å². The molecule has 2 aromatic heterocycles. The second-order valence-electron chi connectivity index (χ2n) is 6.18. The van der Waals surface area contributed by atoms with Crippen LogP contribution in [0.3, 0.4) is 0 Å². The van der Waals surface area contributed by atoms with Gasteiger partial charge >= 0.3 is 6.18 Å². The molecule has 3 rings (SSSR count). The number of benzene rings is 1. The molecule has 30 heavy (non-hydrogen) atoms. The molecular formula is C19H15Cl2F3N4O2. The number of carbonyl (C=O) groups excluding carboxylic acids is 1. The molecule has 0 fully saturated rings. The van der Waals surface area contributed by atoms with Gasteiger partial charge in [-0.05, 0) is 29.3 Å².